The molecule has 2 heterocycles. The Morgan fingerprint density at radius 2 is 1.93 bits per heavy atom. The van der Waals surface area contributed by atoms with Gasteiger partial charge in [-0.25, -0.2) is 4.98 Å². The molecule has 4 rings (SSSR count). The molecule has 1 aliphatic rings. The summed E-state index contributed by atoms with van der Waals surface area (Å²) in [6.45, 7) is 2.85. The van der Waals surface area contributed by atoms with Crippen LogP contribution in [-0.2, 0) is 4.79 Å². The van der Waals surface area contributed by atoms with Gasteiger partial charge < -0.3 is 14.5 Å². The lowest BCUT2D eigenvalue weighted by Crippen LogP contribution is -2.48. The third kappa shape index (κ3) is 3.84. The van der Waals surface area contributed by atoms with Gasteiger partial charge in [0.25, 0.3) is 0 Å². The van der Waals surface area contributed by atoms with Crippen molar-refractivity contribution in [3.63, 3.8) is 0 Å². The lowest BCUT2D eigenvalue weighted by Gasteiger charge is -2.34. The summed E-state index contributed by atoms with van der Waals surface area (Å²) in [4.78, 5) is 21.3. The molecule has 5 nitrogen and oxygen atoms in total. The van der Waals surface area contributed by atoms with Gasteiger partial charge in [-0.15, -0.1) is 0 Å². The van der Waals surface area contributed by atoms with Crippen LogP contribution in [0.15, 0.2) is 48.5 Å². The van der Waals surface area contributed by atoms with E-state index in [0.717, 1.165) is 39.8 Å². The molecule has 1 amide bonds. The summed E-state index contributed by atoms with van der Waals surface area (Å²) in [5, 5.41) is 1.61. The molecule has 0 radical (unpaired) electrons. The molecule has 2 aromatic carbocycles. The lowest BCUT2D eigenvalue weighted by atomic mass is 10.2. The maximum Gasteiger partial charge on any atom is 0.246 e. The van der Waals surface area contributed by atoms with E-state index in [1.54, 1.807) is 30.6 Å². The summed E-state index contributed by atoms with van der Waals surface area (Å²) in [6, 6.07) is 13.4. The highest BCUT2D eigenvalue weighted by Gasteiger charge is 2.22. The average molecular weight is 414 g/mol. The van der Waals surface area contributed by atoms with E-state index in [0.29, 0.717) is 18.1 Å². The first-order valence-electron chi connectivity index (χ1n) is 9.06. The van der Waals surface area contributed by atoms with Gasteiger partial charge in [-0.1, -0.05) is 47.2 Å². The second-order valence-corrected chi connectivity index (χ2v) is 7.89. The van der Waals surface area contributed by atoms with Crippen molar-refractivity contribution in [1.29, 1.82) is 0 Å². The van der Waals surface area contributed by atoms with Gasteiger partial charge in [-0.3, -0.25) is 4.79 Å². The van der Waals surface area contributed by atoms with Crippen LogP contribution in [0.3, 0.4) is 0 Å². The molecule has 144 valence electrons. The van der Waals surface area contributed by atoms with Crippen LogP contribution in [0.5, 0.6) is 5.75 Å². The SMILES string of the molecule is COc1cccc2sc(N3CCN(C(=O)/C=C/c4ccccc4Cl)CC3)nc12. The van der Waals surface area contributed by atoms with Crippen LogP contribution in [-0.4, -0.2) is 49.1 Å². The first-order valence-corrected chi connectivity index (χ1v) is 10.2. The van der Waals surface area contributed by atoms with E-state index in [2.05, 4.69) is 11.0 Å². The van der Waals surface area contributed by atoms with Crippen molar-refractivity contribution < 1.29 is 9.53 Å². The van der Waals surface area contributed by atoms with Crippen molar-refractivity contribution in [2.75, 3.05) is 38.2 Å². The van der Waals surface area contributed by atoms with Crippen LogP contribution in [0.1, 0.15) is 5.56 Å². The fraction of sp³-hybridized carbons (Fsp3) is 0.238. The Morgan fingerprint density at radius 1 is 1.14 bits per heavy atom. The molecule has 0 bridgehead atoms. The zero-order valence-corrected chi connectivity index (χ0v) is 17.0. The number of hydrogen-bond donors (Lipinski definition) is 0. The highest BCUT2D eigenvalue weighted by molar-refractivity contribution is 7.22. The minimum atomic E-state index is 0.00513. The Balaban J connectivity index is 1.40. The second kappa shape index (κ2) is 8.20. The third-order valence-electron chi connectivity index (χ3n) is 4.76. The van der Waals surface area contributed by atoms with Gasteiger partial charge in [-0.05, 0) is 29.8 Å². The number of anilines is 1. The van der Waals surface area contributed by atoms with Gasteiger partial charge in [-0.2, -0.15) is 0 Å². The topological polar surface area (TPSA) is 45.7 Å². The molecule has 28 heavy (non-hydrogen) atoms. The summed E-state index contributed by atoms with van der Waals surface area (Å²) in [7, 11) is 1.66. The standard InChI is InChI=1S/C21H20ClN3O2S/c1-27-17-7-4-8-18-20(17)23-21(28-18)25-13-11-24(12-14-25)19(26)10-9-15-5-2-3-6-16(15)22/h2-10H,11-14H2,1H3/b10-9+. The minimum absolute atomic E-state index is 0.00513. The number of ether oxygens (including phenoxy) is 1. The Hall–Kier alpha value is -2.57. The summed E-state index contributed by atoms with van der Waals surface area (Å²) in [5.41, 5.74) is 1.74. The Bertz CT molecular complexity index is 1030. The molecule has 1 aliphatic heterocycles. The molecule has 0 N–H and O–H groups in total. The molecule has 1 aromatic heterocycles. The molecular formula is C21H20ClN3O2S. The Kier molecular flexibility index (Phi) is 5.50. The van der Waals surface area contributed by atoms with Crippen LogP contribution < -0.4 is 9.64 Å². The third-order valence-corrected chi connectivity index (χ3v) is 6.19. The van der Waals surface area contributed by atoms with Gasteiger partial charge in [0, 0.05) is 37.3 Å². The van der Waals surface area contributed by atoms with Gasteiger partial charge >= 0.3 is 0 Å². The normalized spacial score (nSPS) is 14.8. The molecule has 0 spiro atoms. The number of aromatic nitrogens is 1. The van der Waals surface area contributed by atoms with Gasteiger partial charge in [0.2, 0.25) is 5.91 Å². The molecular weight excluding hydrogens is 394 g/mol. The van der Waals surface area contributed by atoms with Crippen molar-refractivity contribution in [1.82, 2.24) is 9.88 Å². The maximum atomic E-state index is 12.5. The molecule has 3 aromatic rings. The molecule has 1 fully saturated rings. The summed E-state index contributed by atoms with van der Waals surface area (Å²) in [5.74, 6) is 0.795. The van der Waals surface area contributed by atoms with Gasteiger partial charge in [0.05, 0.1) is 11.8 Å². The zero-order chi connectivity index (χ0) is 19.5. The van der Waals surface area contributed by atoms with E-state index in [9.17, 15) is 4.79 Å². The number of fused-ring (bicyclic) bond motifs is 1. The highest BCUT2D eigenvalue weighted by Crippen LogP contribution is 2.34. The van der Waals surface area contributed by atoms with Crippen molar-refractivity contribution in [2.24, 2.45) is 0 Å². The molecule has 1 saturated heterocycles. The van der Waals surface area contributed by atoms with Crippen molar-refractivity contribution in [2.45, 2.75) is 0 Å². The monoisotopic (exact) mass is 413 g/mol. The van der Waals surface area contributed by atoms with Crippen molar-refractivity contribution in [3.8, 4) is 5.75 Å². The number of halogens is 1. The number of benzene rings is 2. The Morgan fingerprint density at radius 3 is 2.68 bits per heavy atom. The number of hydrogen-bond acceptors (Lipinski definition) is 5. The minimum Gasteiger partial charge on any atom is -0.494 e. The molecule has 0 unspecified atom stereocenters. The van der Waals surface area contributed by atoms with E-state index in [-0.39, 0.29) is 5.91 Å². The fourth-order valence-electron chi connectivity index (χ4n) is 3.21. The molecule has 0 saturated carbocycles. The zero-order valence-electron chi connectivity index (χ0n) is 15.5. The molecule has 0 atom stereocenters. The van der Waals surface area contributed by atoms with Crippen molar-refractivity contribution in [3.05, 3.63) is 59.1 Å². The number of amides is 1. The fourth-order valence-corrected chi connectivity index (χ4v) is 4.44. The van der Waals surface area contributed by atoms with E-state index in [4.69, 9.17) is 21.3 Å². The maximum absolute atomic E-state index is 12.5. The van der Waals surface area contributed by atoms with E-state index in [1.807, 2.05) is 41.3 Å². The van der Waals surface area contributed by atoms with Crippen molar-refractivity contribution >= 4 is 50.3 Å². The lowest BCUT2D eigenvalue weighted by molar-refractivity contribution is -0.126. The predicted octanol–water partition coefficient (Wildman–Crippen LogP) is 4.32. The number of thiazole rings is 1. The van der Waals surface area contributed by atoms with Crippen LogP contribution in [0.2, 0.25) is 5.02 Å². The largest absolute Gasteiger partial charge is 0.494 e. The summed E-state index contributed by atoms with van der Waals surface area (Å²) >= 11 is 7.79. The first kappa shape index (κ1) is 18.8. The predicted molar refractivity (Wildman–Crippen MR) is 115 cm³/mol. The van der Waals surface area contributed by atoms with Crippen LogP contribution >= 0.6 is 22.9 Å². The smallest absolute Gasteiger partial charge is 0.246 e. The molecule has 7 heteroatoms. The van der Waals surface area contributed by atoms with Crippen LogP contribution in [0.4, 0.5) is 5.13 Å². The number of methoxy groups -OCH3 is 1. The average Bonchev–Trinajstić information content (AvgIpc) is 3.17. The van der Waals surface area contributed by atoms with Gasteiger partial charge in [0.15, 0.2) is 5.13 Å². The number of rotatable bonds is 4. The highest BCUT2D eigenvalue weighted by atomic mass is 35.5. The first-order chi connectivity index (χ1) is 13.7. The second-order valence-electron chi connectivity index (χ2n) is 6.47. The number of nitrogens with zero attached hydrogens (tertiary/aromatic N) is 3. The quantitative estimate of drug-likeness (QED) is 0.597. The molecule has 0 aliphatic carbocycles. The van der Waals surface area contributed by atoms with E-state index >= 15 is 0 Å². The number of piperazine rings is 1. The van der Waals surface area contributed by atoms with E-state index in [1.165, 1.54) is 0 Å². The van der Waals surface area contributed by atoms with Crippen LogP contribution in [0, 0.1) is 0 Å². The number of para-hydroxylation sites is 1. The number of carbonyl (C=O) groups excluding carboxylic acids is 1. The Labute approximate surface area is 172 Å². The summed E-state index contributed by atoms with van der Waals surface area (Å²) in [6.07, 6.45) is 3.37. The summed E-state index contributed by atoms with van der Waals surface area (Å²) < 4.78 is 6.51. The number of carbonyl (C=O) groups is 1. The van der Waals surface area contributed by atoms with Gasteiger partial charge in [0.1, 0.15) is 11.3 Å². The van der Waals surface area contributed by atoms with E-state index < -0.39 is 0 Å². The van der Waals surface area contributed by atoms with Crippen LogP contribution in [0.25, 0.3) is 16.3 Å².